The number of aryl methyl sites for hydroxylation is 1. The standard InChI is InChI=1S/C37H64O5SSi2/c1-15-16-23-37(10,42-45(13,14)36(7,8)9)24-17-18-30-31-25-28(3)34(40-43(38,39)29-21-19-27(2)20-22-29)32(31)26-33(30)41-44(11,12)35(4,5)6/h17-22,30-34H,3,15-16,23-26H2,1-2,4-14H3/b18-17+/t30-,31+,32-,33+,34?,37?/m0/s1. The molecule has 256 valence electrons. The molecular weight excluding hydrogens is 613 g/mol. The highest BCUT2D eigenvalue weighted by Crippen LogP contribution is 2.54. The Balaban J connectivity index is 1.92. The molecule has 5 nitrogen and oxygen atoms in total. The molecule has 0 aliphatic heterocycles. The lowest BCUT2D eigenvalue weighted by Gasteiger charge is -2.44. The van der Waals surface area contributed by atoms with Crippen LogP contribution in [0.4, 0.5) is 0 Å². The van der Waals surface area contributed by atoms with Crippen LogP contribution in [-0.2, 0) is 23.2 Å². The van der Waals surface area contributed by atoms with Crippen LogP contribution < -0.4 is 0 Å². The van der Waals surface area contributed by atoms with Gasteiger partial charge in [0.2, 0.25) is 0 Å². The van der Waals surface area contributed by atoms with Crippen molar-refractivity contribution in [2.75, 3.05) is 0 Å². The van der Waals surface area contributed by atoms with E-state index in [0.717, 1.165) is 49.7 Å². The maximum absolute atomic E-state index is 13.4. The first-order chi connectivity index (χ1) is 20.4. The van der Waals surface area contributed by atoms with E-state index in [1.807, 2.05) is 19.1 Å². The summed E-state index contributed by atoms with van der Waals surface area (Å²) >= 11 is 0. The molecule has 0 N–H and O–H groups in total. The molecule has 2 unspecified atom stereocenters. The zero-order chi connectivity index (χ0) is 34.2. The van der Waals surface area contributed by atoms with Crippen LogP contribution in [0.2, 0.25) is 36.3 Å². The Hall–Kier alpha value is -1.04. The number of rotatable bonds is 13. The minimum atomic E-state index is -3.92. The van der Waals surface area contributed by atoms with Crippen molar-refractivity contribution >= 4 is 26.8 Å². The Kier molecular flexibility index (Phi) is 11.8. The minimum absolute atomic E-state index is 0.0154. The monoisotopic (exact) mass is 676 g/mol. The van der Waals surface area contributed by atoms with Crippen molar-refractivity contribution in [3.8, 4) is 0 Å². The summed E-state index contributed by atoms with van der Waals surface area (Å²) < 4.78 is 47.0. The van der Waals surface area contributed by atoms with Gasteiger partial charge >= 0.3 is 0 Å². The SMILES string of the molecule is C=C1C[C@@H]2[C@H](/C=C/CC(C)(CCCC)O[Si](C)(C)C(C)(C)C)[C@H](O[Si](C)(C)C(C)(C)C)C[C@@H]2C1OS(=O)(=O)c1ccc(C)cc1. The van der Waals surface area contributed by atoms with Gasteiger partial charge in [0.05, 0.1) is 16.6 Å². The maximum atomic E-state index is 13.4. The zero-order valence-corrected chi connectivity index (χ0v) is 33.6. The maximum Gasteiger partial charge on any atom is 0.297 e. The highest BCUT2D eigenvalue weighted by atomic mass is 32.2. The van der Waals surface area contributed by atoms with Gasteiger partial charge in [-0.25, -0.2) is 0 Å². The second kappa shape index (κ2) is 13.8. The molecule has 2 aliphatic rings. The Morgan fingerprint density at radius 2 is 1.51 bits per heavy atom. The number of hydrogen-bond acceptors (Lipinski definition) is 5. The van der Waals surface area contributed by atoms with E-state index in [9.17, 15) is 8.42 Å². The molecule has 2 fully saturated rings. The largest absolute Gasteiger partial charge is 0.413 e. The molecule has 0 heterocycles. The molecule has 0 radical (unpaired) electrons. The molecule has 2 saturated carbocycles. The average Bonchev–Trinajstić information content (AvgIpc) is 3.35. The Morgan fingerprint density at radius 3 is 2.04 bits per heavy atom. The van der Waals surface area contributed by atoms with E-state index in [0.29, 0.717) is 0 Å². The number of fused-ring (bicyclic) bond motifs is 1. The zero-order valence-electron chi connectivity index (χ0n) is 30.8. The molecule has 6 atom stereocenters. The van der Waals surface area contributed by atoms with Crippen molar-refractivity contribution in [3.05, 3.63) is 54.1 Å². The van der Waals surface area contributed by atoms with Crippen LogP contribution in [0, 0.1) is 24.7 Å². The first-order valence-electron chi connectivity index (χ1n) is 17.2. The molecule has 2 aliphatic carbocycles. The molecule has 0 bridgehead atoms. The van der Waals surface area contributed by atoms with Gasteiger partial charge in [0, 0.05) is 5.92 Å². The first kappa shape index (κ1) is 38.4. The van der Waals surface area contributed by atoms with Crippen molar-refractivity contribution in [1.82, 2.24) is 0 Å². The smallest absolute Gasteiger partial charge is 0.297 e. The van der Waals surface area contributed by atoms with Crippen molar-refractivity contribution < 1.29 is 21.5 Å². The van der Waals surface area contributed by atoms with Crippen molar-refractivity contribution in [1.29, 1.82) is 0 Å². The van der Waals surface area contributed by atoms with Gasteiger partial charge in [0.1, 0.15) is 6.10 Å². The highest BCUT2D eigenvalue weighted by Gasteiger charge is 2.54. The summed E-state index contributed by atoms with van der Waals surface area (Å²) in [5.74, 6) is 0.432. The lowest BCUT2D eigenvalue weighted by Crippen LogP contribution is -2.48. The molecule has 8 heteroatoms. The van der Waals surface area contributed by atoms with Gasteiger partial charge in [-0.1, -0.05) is 97.7 Å². The molecule has 1 aromatic rings. The summed E-state index contributed by atoms with van der Waals surface area (Å²) in [5, 5.41) is 0.214. The summed E-state index contributed by atoms with van der Waals surface area (Å²) in [6, 6.07) is 6.88. The lowest BCUT2D eigenvalue weighted by atomic mass is 9.89. The third kappa shape index (κ3) is 9.11. The summed E-state index contributed by atoms with van der Waals surface area (Å²) in [4.78, 5) is 0.195. The Labute approximate surface area is 279 Å². The van der Waals surface area contributed by atoms with Crippen LogP contribution in [0.5, 0.6) is 0 Å². The van der Waals surface area contributed by atoms with Gasteiger partial charge in [-0.05, 0) is 105 Å². The second-order valence-corrected chi connectivity index (χ2v) is 28.3. The van der Waals surface area contributed by atoms with Crippen LogP contribution in [0.1, 0.15) is 99.5 Å². The predicted molar refractivity (Wildman–Crippen MR) is 194 cm³/mol. The van der Waals surface area contributed by atoms with E-state index >= 15 is 0 Å². The minimum Gasteiger partial charge on any atom is -0.413 e. The molecule has 45 heavy (non-hydrogen) atoms. The topological polar surface area (TPSA) is 61.8 Å². The third-order valence-corrected chi connectivity index (χ3v) is 21.8. The van der Waals surface area contributed by atoms with E-state index in [1.165, 1.54) is 0 Å². The van der Waals surface area contributed by atoms with Crippen LogP contribution >= 0.6 is 0 Å². The lowest BCUT2D eigenvalue weighted by molar-refractivity contribution is 0.0631. The number of unbranched alkanes of at least 4 members (excludes halogenated alkanes) is 1. The van der Waals surface area contributed by atoms with E-state index in [1.54, 1.807) is 12.1 Å². The Morgan fingerprint density at radius 1 is 0.933 bits per heavy atom. The van der Waals surface area contributed by atoms with Crippen LogP contribution in [0.3, 0.4) is 0 Å². The van der Waals surface area contributed by atoms with E-state index in [-0.39, 0.29) is 44.4 Å². The van der Waals surface area contributed by atoms with Crippen LogP contribution in [0.15, 0.2) is 53.5 Å². The normalized spacial score (nSPS) is 26.4. The summed E-state index contributed by atoms with van der Waals surface area (Å²) in [5.41, 5.74) is 1.66. The van der Waals surface area contributed by atoms with Gasteiger partial charge in [-0.15, -0.1) is 0 Å². The van der Waals surface area contributed by atoms with Gasteiger partial charge in [-0.3, -0.25) is 4.18 Å². The molecule has 3 rings (SSSR count). The van der Waals surface area contributed by atoms with Gasteiger partial charge in [-0.2, -0.15) is 8.42 Å². The number of hydrogen-bond donors (Lipinski definition) is 0. The molecule has 0 spiro atoms. The van der Waals surface area contributed by atoms with Gasteiger partial charge in [0.25, 0.3) is 10.1 Å². The summed E-state index contributed by atoms with van der Waals surface area (Å²) in [7, 11) is -7.98. The van der Waals surface area contributed by atoms with Crippen LogP contribution in [0.25, 0.3) is 0 Å². The van der Waals surface area contributed by atoms with Crippen molar-refractivity contribution in [2.45, 2.75) is 160 Å². The fourth-order valence-corrected chi connectivity index (χ4v) is 10.7. The molecular formula is C37H64O5SSi2. The fourth-order valence-electron chi connectivity index (χ4n) is 6.49. The molecule has 1 aromatic carbocycles. The predicted octanol–water partition coefficient (Wildman–Crippen LogP) is 10.6. The first-order valence-corrected chi connectivity index (χ1v) is 24.4. The average molecular weight is 677 g/mol. The van der Waals surface area contributed by atoms with Crippen molar-refractivity contribution in [3.63, 3.8) is 0 Å². The molecule has 0 saturated heterocycles. The van der Waals surface area contributed by atoms with E-state index in [2.05, 4.69) is 100 Å². The summed E-state index contributed by atoms with van der Waals surface area (Å²) in [6.45, 7) is 33.9. The van der Waals surface area contributed by atoms with E-state index in [4.69, 9.17) is 13.0 Å². The van der Waals surface area contributed by atoms with E-state index < -0.39 is 32.9 Å². The van der Waals surface area contributed by atoms with Crippen molar-refractivity contribution in [2.24, 2.45) is 17.8 Å². The second-order valence-electron chi connectivity index (χ2n) is 17.3. The fraction of sp³-hybridized carbons (Fsp3) is 0.730. The van der Waals surface area contributed by atoms with Gasteiger partial charge < -0.3 is 8.85 Å². The quantitative estimate of drug-likeness (QED) is 0.118. The Bertz CT molecular complexity index is 1300. The van der Waals surface area contributed by atoms with Crippen LogP contribution in [-0.4, -0.2) is 42.9 Å². The summed E-state index contributed by atoms with van der Waals surface area (Å²) in [6.07, 6.45) is 9.88. The molecule has 0 aromatic heterocycles. The number of benzene rings is 1. The van der Waals surface area contributed by atoms with Gasteiger partial charge in [0.15, 0.2) is 16.6 Å². The third-order valence-electron chi connectivity index (χ3n) is 11.3. The highest BCUT2D eigenvalue weighted by molar-refractivity contribution is 7.86. The molecule has 0 amide bonds.